The molecule has 156 valence electrons. The van der Waals surface area contributed by atoms with Crippen molar-refractivity contribution in [1.29, 1.82) is 0 Å². The maximum atomic E-state index is 13.4. The monoisotopic (exact) mass is 444 g/mol. The second-order valence-corrected chi connectivity index (χ2v) is 10.5. The number of likely N-dealkylation sites (tertiary alicyclic amines) is 1. The number of nitrogens with zero attached hydrogens (tertiary/aromatic N) is 4. The number of anilines is 1. The molecule has 2 aromatic heterocycles. The van der Waals surface area contributed by atoms with Crippen molar-refractivity contribution in [3.63, 3.8) is 0 Å². The molecular formula is C20H20N4O4S2. The largest absolute Gasteiger partial charge is 0.334 e. The summed E-state index contributed by atoms with van der Waals surface area (Å²) in [5, 5.41) is 5.56. The van der Waals surface area contributed by atoms with Gasteiger partial charge in [-0.1, -0.05) is 23.4 Å². The second kappa shape index (κ2) is 7.21. The van der Waals surface area contributed by atoms with Crippen LogP contribution in [0.25, 0.3) is 11.4 Å². The quantitative estimate of drug-likeness (QED) is 0.613. The van der Waals surface area contributed by atoms with E-state index >= 15 is 0 Å². The summed E-state index contributed by atoms with van der Waals surface area (Å²) < 4.78 is 33.5. The highest BCUT2D eigenvalue weighted by Crippen LogP contribution is 2.38. The van der Waals surface area contributed by atoms with Gasteiger partial charge in [-0.15, -0.1) is 11.3 Å². The van der Waals surface area contributed by atoms with Gasteiger partial charge in [0.1, 0.15) is 4.21 Å². The number of hydrogen-bond donors (Lipinski definition) is 0. The zero-order valence-corrected chi connectivity index (χ0v) is 17.9. The number of benzene rings is 1. The molecule has 3 aromatic rings. The van der Waals surface area contributed by atoms with E-state index in [-0.39, 0.29) is 27.9 Å². The molecule has 1 amide bonds. The van der Waals surface area contributed by atoms with Crippen LogP contribution in [0, 0.1) is 0 Å². The van der Waals surface area contributed by atoms with Crippen molar-refractivity contribution in [3.8, 4) is 11.4 Å². The van der Waals surface area contributed by atoms with Gasteiger partial charge in [-0.25, -0.2) is 8.42 Å². The first-order chi connectivity index (χ1) is 14.4. The van der Waals surface area contributed by atoms with E-state index in [0.29, 0.717) is 25.1 Å². The molecule has 2 aliphatic rings. The third kappa shape index (κ3) is 3.10. The van der Waals surface area contributed by atoms with E-state index in [1.165, 1.54) is 4.31 Å². The lowest BCUT2D eigenvalue weighted by atomic mass is 10.1. The summed E-state index contributed by atoms with van der Waals surface area (Å²) in [6, 6.07) is 8.94. The summed E-state index contributed by atoms with van der Waals surface area (Å²) in [7, 11) is -3.72. The first kappa shape index (κ1) is 19.3. The van der Waals surface area contributed by atoms with Crippen LogP contribution in [0.4, 0.5) is 5.69 Å². The number of aromatic nitrogens is 2. The van der Waals surface area contributed by atoms with Gasteiger partial charge in [-0.3, -0.25) is 9.10 Å². The summed E-state index contributed by atoms with van der Waals surface area (Å²) in [6.07, 6.45) is 2.62. The van der Waals surface area contributed by atoms with Crippen LogP contribution in [0.3, 0.4) is 0 Å². The Morgan fingerprint density at radius 3 is 2.80 bits per heavy atom. The summed E-state index contributed by atoms with van der Waals surface area (Å²) in [4.78, 5) is 18.3. The third-order valence-electron chi connectivity index (χ3n) is 5.49. The van der Waals surface area contributed by atoms with Crippen molar-refractivity contribution in [2.24, 2.45) is 0 Å². The molecule has 0 saturated carbocycles. The van der Waals surface area contributed by atoms with Crippen LogP contribution >= 0.6 is 11.3 Å². The number of rotatable bonds is 4. The minimum atomic E-state index is -3.72. The van der Waals surface area contributed by atoms with Gasteiger partial charge in [0.2, 0.25) is 5.82 Å². The summed E-state index contributed by atoms with van der Waals surface area (Å²) in [5.41, 5.74) is 2.26. The van der Waals surface area contributed by atoms with E-state index in [9.17, 15) is 13.2 Å². The zero-order valence-electron chi connectivity index (χ0n) is 16.3. The maximum absolute atomic E-state index is 13.4. The molecule has 8 nitrogen and oxygen atoms in total. The van der Waals surface area contributed by atoms with Gasteiger partial charge >= 0.3 is 11.8 Å². The number of sulfonamides is 1. The topological polar surface area (TPSA) is 96.6 Å². The lowest BCUT2D eigenvalue weighted by Gasteiger charge is -2.23. The van der Waals surface area contributed by atoms with Crippen LogP contribution < -0.4 is 4.31 Å². The predicted molar refractivity (Wildman–Crippen MR) is 112 cm³/mol. The average Bonchev–Trinajstić information content (AvgIpc) is 3.53. The van der Waals surface area contributed by atoms with Crippen molar-refractivity contribution >= 4 is 33.0 Å². The molecule has 0 radical (unpaired) electrons. The van der Waals surface area contributed by atoms with E-state index < -0.39 is 10.0 Å². The summed E-state index contributed by atoms with van der Waals surface area (Å²) in [5.74, 6) is -0.133. The van der Waals surface area contributed by atoms with Gasteiger partial charge in [-0.2, -0.15) is 4.98 Å². The predicted octanol–water partition coefficient (Wildman–Crippen LogP) is 3.17. The number of hydrogen-bond acceptors (Lipinski definition) is 7. The molecule has 1 fully saturated rings. The Morgan fingerprint density at radius 1 is 1.23 bits per heavy atom. The van der Waals surface area contributed by atoms with E-state index in [1.807, 2.05) is 31.2 Å². The van der Waals surface area contributed by atoms with E-state index in [4.69, 9.17) is 4.52 Å². The molecule has 0 aliphatic carbocycles. The number of fused-ring (bicyclic) bond motifs is 1. The highest BCUT2D eigenvalue weighted by atomic mass is 32.2. The van der Waals surface area contributed by atoms with Crippen molar-refractivity contribution < 1.29 is 17.7 Å². The first-order valence-electron chi connectivity index (χ1n) is 9.79. The first-order valence-corrected chi connectivity index (χ1v) is 12.1. The van der Waals surface area contributed by atoms with Gasteiger partial charge < -0.3 is 9.42 Å². The molecule has 10 heteroatoms. The van der Waals surface area contributed by atoms with Crippen molar-refractivity contribution in [3.05, 3.63) is 47.2 Å². The minimum absolute atomic E-state index is 0.0652. The highest BCUT2D eigenvalue weighted by molar-refractivity contribution is 7.94. The maximum Gasteiger partial charge on any atom is 0.316 e. The number of thiophene rings is 1. The van der Waals surface area contributed by atoms with Gasteiger partial charge in [-0.05, 0) is 43.9 Å². The second-order valence-electron chi connectivity index (χ2n) is 7.56. The fourth-order valence-electron chi connectivity index (χ4n) is 4.05. The van der Waals surface area contributed by atoms with Crippen LogP contribution in [-0.4, -0.2) is 48.5 Å². The van der Waals surface area contributed by atoms with Crippen LogP contribution in [0.1, 0.15) is 36.0 Å². The van der Waals surface area contributed by atoms with Gasteiger partial charge in [0.25, 0.3) is 10.0 Å². The smallest absolute Gasteiger partial charge is 0.316 e. The average molecular weight is 445 g/mol. The Morgan fingerprint density at radius 2 is 2.00 bits per heavy atom. The minimum Gasteiger partial charge on any atom is -0.334 e. The lowest BCUT2D eigenvalue weighted by molar-refractivity contribution is 0.0743. The Balaban J connectivity index is 1.43. The Bertz CT molecular complexity index is 1210. The van der Waals surface area contributed by atoms with Gasteiger partial charge in [0.15, 0.2) is 0 Å². The van der Waals surface area contributed by atoms with Crippen LogP contribution in [-0.2, 0) is 16.4 Å². The standard InChI is InChI=1S/C20H20N4O4S2/c1-13-10-14-6-2-3-7-16(14)24(13)30(26,27)17-11-15(12-29-17)18-21-19(28-22-18)20(25)23-8-4-5-9-23/h2-3,6-7,11-13H,4-5,8-10H2,1H3/t13-/m0/s1. The molecule has 0 bridgehead atoms. The van der Waals surface area contributed by atoms with E-state index in [1.54, 1.807) is 16.3 Å². The van der Waals surface area contributed by atoms with Crippen LogP contribution in [0.2, 0.25) is 0 Å². The molecule has 2 aliphatic heterocycles. The van der Waals surface area contributed by atoms with Crippen molar-refractivity contribution in [2.45, 2.75) is 36.4 Å². The molecule has 0 spiro atoms. The molecule has 4 heterocycles. The fraction of sp³-hybridized carbons (Fsp3) is 0.350. The molecule has 1 atom stereocenters. The Hall–Kier alpha value is -2.72. The van der Waals surface area contributed by atoms with E-state index in [0.717, 1.165) is 35.4 Å². The number of carbonyl (C=O) groups excluding carboxylic acids is 1. The molecule has 1 aromatic carbocycles. The van der Waals surface area contributed by atoms with Crippen molar-refractivity contribution in [1.82, 2.24) is 15.0 Å². The highest BCUT2D eigenvalue weighted by Gasteiger charge is 2.37. The molecule has 0 N–H and O–H groups in total. The van der Waals surface area contributed by atoms with Gasteiger partial charge in [0.05, 0.1) is 5.69 Å². The van der Waals surface area contributed by atoms with Gasteiger partial charge in [0, 0.05) is 30.1 Å². The SMILES string of the molecule is C[C@H]1Cc2ccccc2N1S(=O)(=O)c1cc(-c2noc(C(=O)N3CCCC3)n2)cs1. The van der Waals surface area contributed by atoms with Crippen LogP contribution in [0.5, 0.6) is 0 Å². The molecule has 5 rings (SSSR count). The number of carbonyl (C=O) groups is 1. The zero-order chi connectivity index (χ0) is 20.9. The van der Waals surface area contributed by atoms with E-state index in [2.05, 4.69) is 10.1 Å². The Labute approximate surface area is 178 Å². The fourth-order valence-corrected chi connectivity index (χ4v) is 6.99. The molecule has 1 saturated heterocycles. The van der Waals surface area contributed by atoms with Crippen molar-refractivity contribution in [2.75, 3.05) is 17.4 Å². The lowest BCUT2D eigenvalue weighted by Crippen LogP contribution is -2.35. The number of para-hydroxylation sites is 1. The number of amides is 1. The molecular weight excluding hydrogens is 424 g/mol. The molecule has 30 heavy (non-hydrogen) atoms. The normalized spacial score (nSPS) is 18.8. The third-order valence-corrected chi connectivity index (χ3v) is 8.84. The Kier molecular flexibility index (Phi) is 4.62. The van der Waals surface area contributed by atoms with Crippen LogP contribution in [0.15, 0.2) is 44.4 Å². The summed E-state index contributed by atoms with van der Waals surface area (Å²) in [6.45, 7) is 3.28. The molecule has 0 unspecified atom stereocenters. The summed E-state index contributed by atoms with van der Waals surface area (Å²) >= 11 is 1.11.